The summed E-state index contributed by atoms with van der Waals surface area (Å²) < 4.78 is 5.39. The van der Waals surface area contributed by atoms with Gasteiger partial charge in [-0.05, 0) is 32.1 Å². The smallest absolute Gasteiger partial charge is 0.247 e. The number of nitrogens with zero attached hydrogens (tertiary/aromatic N) is 2. The first-order valence-corrected chi connectivity index (χ1v) is 9.33. The molecule has 130 valence electrons. The number of hydrogen-bond donors (Lipinski definition) is 1. The number of rotatable bonds is 5. The van der Waals surface area contributed by atoms with E-state index >= 15 is 0 Å². The Bertz CT molecular complexity index is 418. The van der Waals surface area contributed by atoms with Crippen LogP contribution < -0.4 is 5.32 Å². The van der Waals surface area contributed by atoms with Crippen LogP contribution in [0.25, 0.3) is 0 Å². The van der Waals surface area contributed by atoms with Gasteiger partial charge < -0.3 is 10.1 Å². The Morgan fingerprint density at radius 1 is 1.13 bits per heavy atom. The molecular weight excluding hydrogens is 290 g/mol. The molecule has 0 unspecified atom stereocenters. The second-order valence-corrected chi connectivity index (χ2v) is 7.04. The number of hydrogen-bond acceptors (Lipinski definition) is 4. The molecule has 0 radical (unpaired) electrons. The van der Waals surface area contributed by atoms with Gasteiger partial charge in [0.25, 0.3) is 0 Å². The molecule has 3 rings (SSSR count). The summed E-state index contributed by atoms with van der Waals surface area (Å²) in [7, 11) is 0. The first-order valence-electron chi connectivity index (χ1n) is 9.33. The fraction of sp³-hybridized carbons (Fsp3) is 0.833. The van der Waals surface area contributed by atoms with Crippen LogP contribution in [0.3, 0.4) is 0 Å². The van der Waals surface area contributed by atoms with Crippen LogP contribution in [-0.2, 0) is 9.53 Å². The van der Waals surface area contributed by atoms with Crippen molar-refractivity contribution < 1.29 is 9.53 Å². The Balaban J connectivity index is 1.37. The van der Waals surface area contributed by atoms with Crippen LogP contribution in [0.1, 0.15) is 38.5 Å². The molecule has 1 amide bonds. The van der Waals surface area contributed by atoms with Gasteiger partial charge in [0.2, 0.25) is 5.91 Å². The molecule has 5 heteroatoms. The lowest BCUT2D eigenvalue weighted by Crippen LogP contribution is -2.42. The summed E-state index contributed by atoms with van der Waals surface area (Å²) in [5.41, 5.74) is 1.02. The quantitative estimate of drug-likeness (QED) is 0.831. The normalized spacial score (nSPS) is 27.5. The molecule has 0 spiro atoms. The SMILES string of the molecule is O=C(N[C@@H]1CCN(CCN2CCOCC2)C1)C1=CCCCCC1. The maximum absolute atomic E-state index is 12.4. The average molecular weight is 321 g/mol. The molecule has 1 atom stereocenters. The van der Waals surface area contributed by atoms with E-state index in [4.69, 9.17) is 4.74 Å². The molecule has 1 aliphatic carbocycles. The molecule has 5 nitrogen and oxygen atoms in total. The Labute approximate surface area is 140 Å². The van der Waals surface area contributed by atoms with Crippen molar-refractivity contribution in [3.05, 3.63) is 11.6 Å². The van der Waals surface area contributed by atoms with Gasteiger partial charge in [0.15, 0.2) is 0 Å². The van der Waals surface area contributed by atoms with Gasteiger partial charge in [-0.25, -0.2) is 0 Å². The molecule has 0 aromatic carbocycles. The average Bonchev–Trinajstić information content (AvgIpc) is 2.84. The van der Waals surface area contributed by atoms with Crippen molar-refractivity contribution in [2.24, 2.45) is 0 Å². The number of morpholine rings is 1. The molecule has 0 aromatic heterocycles. The third-order valence-corrected chi connectivity index (χ3v) is 5.28. The number of ether oxygens (including phenoxy) is 1. The van der Waals surface area contributed by atoms with Crippen LogP contribution in [-0.4, -0.2) is 74.2 Å². The highest BCUT2D eigenvalue weighted by Crippen LogP contribution is 2.18. The highest BCUT2D eigenvalue weighted by atomic mass is 16.5. The fourth-order valence-corrected chi connectivity index (χ4v) is 3.76. The largest absolute Gasteiger partial charge is 0.379 e. The lowest BCUT2D eigenvalue weighted by atomic mass is 10.1. The fourth-order valence-electron chi connectivity index (χ4n) is 3.76. The third kappa shape index (κ3) is 5.30. The molecule has 0 saturated carbocycles. The van der Waals surface area contributed by atoms with Crippen molar-refractivity contribution in [3.63, 3.8) is 0 Å². The van der Waals surface area contributed by atoms with E-state index < -0.39 is 0 Å². The van der Waals surface area contributed by atoms with E-state index in [-0.39, 0.29) is 5.91 Å². The molecule has 3 aliphatic rings. The molecule has 23 heavy (non-hydrogen) atoms. The zero-order chi connectivity index (χ0) is 15.9. The first kappa shape index (κ1) is 16.9. The van der Waals surface area contributed by atoms with Gasteiger partial charge in [-0.2, -0.15) is 0 Å². The van der Waals surface area contributed by atoms with Crippen LogP contribution in [0.4, 0.5) is 0 Å². The lowest BCUT2D eigenvalue weighted by Gasteiger charge is -2.28. The van der Waals surface area contributed by atoms with Crippen LogP contribution in [0.15, 0.2) is 11.6 Å². The van der Waals surface area contributed by atoms with Gasteiger partial charge in [-0.1, -0.05) is 12.5 Å². The van der Waals surface area contributed by atoms with Crippen LogP contribution >= 0.6 is 0 Å². The van der Waals surface area contributed by atoms with Gasteiger partial charge in [0.1, 0.15) is 0 Å². The minimum atomic E-state index is 0.187. The number of amides is 1. The van der Waals surface area contributed by atoms with E-state index in [1.54, 1.807) is 0 Å². The molecule has 0 aromatic rings. The van der Waals surface area contributed by atoms with E-state index in [1.807, 2.05) is 0 Å². The number of carbonyl (C=O) groups is 1. The molecule has 0 bridgehead atoms. The summed E-state index contributed by atoms with van der Waals surface area (Å²) in [6, 6.07) is 0.330. The molecule has 2 saturated heterocycles. The molecular formula is C18H31N3O2. The van der Waals surface area contributed by atoms with E-state index in [9.17, 15) is 4.79 Å². The van der Waals surface area contributed by atoms with Gasteiger partial charge >= 0.3 is 0 Å². The standard InChI is InChI=1S/C18H31N3O2/c22-18(16-5-3-1-2-4-6-16)19-17-7-8-21(15-17)10-9-20-11-13-23-14-12-20/h5,17H,1-4,6-15H2,(H,19,22)/t17-/m1/s1. The van der Waals surface area contributed by atoms with E-state index in [2.05, 4.69) is 21.2 Å². The molecule has 1 N–H and O–H groups in total. The Morgan fingerprint density at radius 3 is 2.83 bits per heavy atom. The predicted octanol–water partition coefficient (Wildman–Crippen LogP) is 1.40. The maximum Gasteiger partial charge on any atom is 0.247 e. The monoisotopic (exact) mass is 321 g/mol. The summed E-state index contributed by atoms with van der Waals surface area (Å²) in [4.78, 5) is 17.4. The Morgan fingerprint density at radius 2 is 1.96 bits per heavy atom. The maximum atomic E-state index is 12.4. The number of likely N-dealkylation sites (tertiary alicyclic amines) is 1. The minimum Gasteiger partial charge on any atom is -0.379 e. The summed E-state index contributed by atoms with van der Waals surface area (Å²) in [6.07, 6.45) is 8.92. The Hall–Kier alpha value is -0.910. The summed E-state index contributed by atoms with van der Waals surface area (Å²) in [5, 5.41) is 3.26. The van der Waals surface area contributed by atoms with Crippen molar-refractivity contribution in [2.75, 3.05) is 52.5 Å². The Kier molecular flexibility index (Phi) is 6.48. The van der Waals surface area contributed by atoms with E-state index in [0.717, 1.165) is 83.7 Å². The van der Waals surface area contributed by atoms with Crippen molar-refractivity contribution in [1.29, 1.82) is 0 Å². The number of nitrogens with one attached hydrogen (secondary N) is 1. The highest BCUT2D eigenvalue weighted by molar-refractivity contribution is 5.93. The van der Waals surface area contributed by atoms with Crippen molar-refractivity contribution in [1.82, 2.24) is 15.1 Å². The minimum absolute atomic E-state index is 0.187. The van der Waals surface area contributed by atoms with Crippen molar-refractivity contribution in [3.8, 4) is 0 Å². The zero-order valence-electron chi connectivity index (χ0n) is 14.3. The zero-order valence-corrected chi connectivity index (χ0v) is 14.3. The second-order valence-electron chi connectivity index (χ2n) is 7.04. The number of allylic oxidation sites excluding steroid dienone is 1. The van der Waals surface area contributed by atoms with Crippen LogP contribution in [0.5, 0.6) is 0 Å². The summed E-state index contributed by atoms with van der Waals surface area (Å²) in [5.74, 6) is 0.187. The van der Waals surface area contributed by atoms with E-state index in [1.165, 1.54) is 12.8 Å². The molecule has 2 aliphatic heterocycles. The lowest BCUT2D eigenvalue weighted by molar-refractivity contribution is -0.118. The second kappa shape index (κ2) is 8.81. The predicted molar refractivity (Wildman–Crippen MR) is 91.4 cm³/mol. The van der Waals surface area contributed by atoms with Gasteiger partial charge in [0, 0.05) is 50.9 Å². The van der Waals surface area contributed by atoms with Gasteiger partial charge in [-0.3, -0.25) is 14.6 Å². The third-order valence-electron chi connectivity index (χ3n) is 5.28. The van der Waals surface area contributed by atoms with Crippen molar-refractivity contribution in [2.45, 2.75) is 44.6 Å². The van der Waals surface area contributed by atoms with E-state index in [0.29, 0.717) is 6.04 Å². The van der Waals surface area contributed by atoms with Crippen LogP contribution in [0, 0.1) is 0 Å². The van der Waals surface area contributed by atoms with Crippen molar-refractivity contribution >= 4 is 5.91 Å². The first-order chi connectivity index (χ1) is 11.3. The van der Waals surface area contributed by atoms with Gasteiger partial charge in [-0.15, -0.1) is 0 Å². The highest BCUT2D eigenvalue weighted by Gasteiger charge is 2.25. The van der Waals surface area contributed by atoms with Gasteiger partial charge in [0.05, 0.1) is 13.2 Å². The summed E-state index contributed by atoms with van der Waals surface area (Å²) in [6.45, 7) is 8.19. The van der Waals surface area contributed by atoms with Crippen LogP contribution in [0.2, 0.25) is 0 Å². The molecule has 2 fully saturated rings. The summed E-state index contributed by atoms with van der Waals surface area (Å²) >= 11 is 0. The molecule has 2 heterocycles. The number of carbonyl (C=O) groups excluding carboxylic acids is 1. The topological polar surface area (TPSA) is 44.8 Å².